The van der Waals surface area contributed by atoms with Gasteiger partial charge in [-0.05, 0) is 25.9 Å². The van der Waals surface area contributed by atoms with E-state index in [1.165, 1.54) is 0 Å². The predicted octanol–water partition coefficient (Wildman–Crippen LogP) is 2.45. The van der Waals surface area contributed by atoms with Crippen LogP contribution in [0.3, 0.4) is 0 Å². The van der Waals surface area contributed by atoms with Crippen LogP contribution in [-0.2, 0) is 6.54 Å². The topological polar surface area (TPSA) is 58.4 Å². The van der Waals surface area contributed by atoms with Crippen molar-refractivity contribution in [1.29, 1.82) is 0 Å². The van der Waals surface area contributed by atoms with Crippen LogP contribution < -0.4 is 5.32 Å². The van der Waals surface area contributed by atoms with Crippen LogP contribution in [0.5, 0.6) is 0 Å². The van der Waals surface area contributed by atoms with E-state index < -0.39 is 22.2 Å². The van der Waals surface area contributed by atoms with E-state index in [0.29, 0.717) is 6.07 Å². The minimum Gasteiger partial charge on any atom is -0.309 e. The summed E-state index contributed by atoms with van der Waals surface area (Å²) in [6.07, 6.45) is 2.05. The Kier molecular flexibility index (Phi) is 5.19. The monoisotopic (exact) mass is 299 g/mol. The Morgan fingerprint density at radius 3 is 2.86 bits per heavy atom. The number of halogens is 2. The van der Waals surface area contributed by atoms with Crippen molar-refractivity contribution in [2.75, 3.05) is 19.6 Å². The van der Waals surface area contributed by atoms with Crippen LogP contribution in [0.1, 0.15) is 25.3 Å². The van der Waals surface area contributed by atoms with Crippen LogP contribution >= 0.6 is 0 Å². The Labute approximate surface area is 122 Å². The van der Waals surface area contributed by atoms with Gasteiger partial charge in [0.15, 0.2) is 0 Å². The van der Waals surface area contributed by atoms with E-state index in [0.717, 1.165) is 38.5 Å². The van der Waals surface area contributed by atoms with E-state index >= 15 is 0 Å². The molecule has 0 saturated carbocycles. The molecule has 0 bridgehead atoms. The van der Waals surface area contributed by atoms with Crippen molar-refractivity contribution in [2.24, 2.45) is 0 Å². The number of nitro groups is 1. The number of nitrogens with one attached hydrogen (secondary N) is 1. The molecule has 0 aliphatic carbocycles. The fraction of sp³-hybridized carbons (Fsp3) is 0.571. The van der Waals surface area contributed by atoms with Gasteiger partial charge in [-0.3, -0.25) is 10.1 Å². The summed E-state index contributed by atoms with van der Waals surface area (Å²) in [5.41, 5.74) is -0.566. The zero-order valence-corrected chi connectivity index (χ0v) is 11.9. The summed E-state index contributed by atoms with van der Waals surface area (Å²) in [6, 6.07) is 1.77. The van der Waals surface area contributed by atoms with E-state index in [1.807, 2.05) is 0 Å². The molecule has 1 aromatic carbocycles. The molecule has 1 unspecified atom stereocenters. The third-order valence-corrected chi connectivity index (χ3v) is 3.85. The van der Waals surface area contributed by atoms with Crippen molar-refractivity contribution in [3.05, 3.63) is 39.4 Å². The Morgan fingerprint density at radius 1 is 1.43 bits per heavy atom. The van der Waals surface area contributed by atoms with Gasteiger partial charge in [0.25, 0.3) is 0 Å². The Bertz CT molecular complexity index is 525. The molecule has 0 aromatic heterocycles. The van der Waals surface area contributed by atoms with E-state index in [9.17, 15) is 18.9 Å². The molecule has 2 rings (SSSR count). The fourth-order valence-corrected chi connectivity index (χ4v) is 2.62. The molecule has 1 atom stereocenters. The van der Waals surface area contributed by atoms with Gasteiger partial charge in [0.2, 0.25) is 5.82 Å². The van der Waals surface area contributed by atoms with Crippen molar-refractivity contribution in [2.45, 2.75) is 32.4 Å². The van der Waals surface area contributed by atoms with Crippen molar-refractivity contribution in [3.8, 4) is 0 Å². The molecule has 0 spiro atoms. The molecule has 1 saturated heterocycles. The Morgan fingerprint density at radius 2 is 2.19 bits per heavy atom. The number of piperidine rings is 1. The first-order valence-corrected chi connectivity index (χ1v) is 7.09. The number of likely N-dealkylation sites (N-methyl/N-ethyl adjacent to an activating group) is 1. The number of nitrogens with zero attached hydrogens (tertiary/aromatic N) is 2. The maximum atomic E-state index is 13.7. The second kappa shape index (κ2) is 6.91. The van der Waals surface area contributed by atoms with Crippen molar-refractivity contribution < 1.29 is 13.7 Å². The first-order chi connectivity index (χ1) is 10.0. The van der Waals surface area contributed by atoms with E-state index in [4.69, 9.17) is 0 Å². The fourth-order valence-electron chi connectivity index (χ4n) is 2.62. The molecule has 1 N–H and O–H groups in total. The molecule has 1 aliphatic rings. The summed E-state index contributed by atoms with van der Waals surface area (Å²) in [5, 5.41) is 13.9. The lowest BCUT2D eigenvalue weighted by Gasteiger charge is -2.32. The minimum absolute atomic E-state index is 0.122. The summed E-state index contributed by atoms with van der Waals surface area (Å²) in [6.45, 7) is 5.15. The number of nitro benzene ring substituents is 1. The molecule has 7 heteroatoms. The van der Waals surface area contributed by atoms with Gasteiger partial charge in [-0.2, -0.15) is 4.39 Å². The molecule has 5 nitrogen and oxygen atoms in total. The van der Waals surface area contributed by atoms with Crippen LogP contribution in [0.15, 0.2) is 12.1 Å². The summed E-state index contributed by atoms with van der Waals surface area (Å²) >= 11 is 0. The van der Waals surface area contributed by atoms with Crippen LogP contribution in [0, 0.1) is 21.7 Å². The van der Waals surface area contributed by atoms with Gasteiger partial charge >= 0.3 is 5.69 Å². The standard InChI is InChI=1S/C14H19F2N3O2/c1-2-18-5-3-4-11(9-18)17-8-10-6-14(19(20)21)13(16)7-12(10)15/h6-7,11,17H,2-5,8-9H2,1H3. The first-order valence-electron chi connectivity index (χ1n) is 7.09. The van der Waals surface area contributed by atoms with Gasteiger partial charge in [0.05, 0.1) is 4.92 Å². The molecule has 21 heavy (non-hydrogen) atoms. The normalized spacial score (nSPS) is 19.7. The van der Waals surface area contributed by atoms with E-state index in [2.05, 4.69) is 17.1 Å². The lowest BCUT2D eigenvalue weighted by atomic mass is 10.1. The third kappa shape index (κ3) is 3.95. The van der Waals surface area contributed by atoms with Gasteiger partial charge in [-0.15, -0.1) is 0 Å². The lowest BCUT2D eigenvalue weighted by molar-refractivity contribution is -0.387. The average Bonchev–Trinajstić information content (AvgIpc) is 2.46. The number of hydrogen-bond donors (Lipinski definition) is 1. The predicted molar refractivity (Wildman–Crippen MR) is 75.0 cm³/mol. The molecule has 0 radical (unpaired) electrons. The largest absolute Gasteiger partial charge is 0.309 e. The molecule has 1 fully saturated rings. The SMILES string of the molecule is CCN1CCCC(NCc2cc([N+](=O)[O-])c(F)cc2F)C1. The number of benzene rings is 1. The number of rotatable bonds is 5. The zero-order valence-electron chi connectivity index (χ0n) is 11.9. The van der Waals surface area contributed by atoms with Gasteiger partial charge in [-0.25, -0.2) is 4.39 Å². The van der Waals surface area contributed by atoms with Gasteiger partial charge < -0.3 is 10.2 Å². The van der Waals surface area contributed by atoms with Crippen LogP contribution in [0.4, 0.5) is 14.5 Å². The van der Waals surface area contributed by atoms with Gasteiger partial charge in [-0.1, -0.05) is 6.92 Å². The maximum Gasteiger partial charge on any atom is 0.305 e. The second-order valence-electron chi connectivity index (χ2n) is 5.27. The number of hydrogen-bond acceptors (Lipinski definition) is 4. The smallest absolute Gasteiger partial charge is 0.305 e. The van der Waals surface area contributed by atoms with Gasteiger partial charge in [0, 0.05) is 36.8 Å². The zero-order chi connectivity index (χ0) is 15.4. The lowest BCUT2D eigenvalue weighted by Crippen LogP contribution is -2.45. The highest BCUT2D eigenvalue weighted by Crippen LogP contribution is 2.22. The van der Waals surface area contributed by atoms with Crippen molar-refractivity contribution in [1.82, 2.24) is 10.2 Å². The highest BCUT2D eigenvalue weighted by Gasteiger charge is 2.21. The molecule has 1 aromatic rings. The van der Waals surface area contributed by atoms with E-state index in [1.54, 1.807) is 0 Å². The van der Waals surface area contributed by atoms with Crippen molar-refractivity contribution >= 4 is 5.69 Å². The van der Waals surface area contributed by atoms with Gasteiger partial charge in [0.1, 0.15) is 5.82 Å². The Balaban J connectivity index is 2.02. The maximum absolute atomic E-state index is 13.7. The van der Waals surface area contributed by atoms with Crippen molar-refractivity contribution in [3.63, 3.8) is 0 Å². The molecule has 1 aliphatic heterocycles. The van der Waals surface area contributed by atoms with Crippen LogP contribution in [0.25, 0.3) is 0 Å². The molecule has 0 amide bonds. The number of likely N-dealkylation sites (tertiary alicyclic amines) is 1. The Hall–Kier alpha value is -1.60. The third-order valence-electron chi connectivity index (χ3n) is 3.85. The first kappa shape index (κ1) is 15.8. The molecule has 1 heterocycles. The second-order valence-corrected chi connectivity index (χ2v) is 5.27. The highest BCUT2D eigenvalue weighted by atomic mass is 19.1. The van der Waals surface area contributed by atoms with E-state index in [-0.39, 0.29) is 18.2 Å². The van der Waals surface area contributed by atoms with Crippen LogP contribution in [-0.4, -0.2) is 35.5 Å². The molecular formula is C14H19F2N3O2. The average molecular weight is 299 g/mol. The molecule has 116 valence electrons. The minimum atomic E-state index is -1.14. The quantitative estimate of drug-likeness (QED) is 0.670. The summed E-state index contributed by atoms with van der Waals surface area (Å²) in [4.78, 5) is 12.1. The van der Waals surface area contributed by atoms with Crippen LogP contribution in [0.2, 0.25) is 0 Å². The summed E-state index contributed by atoms with van der Waals surface area (Å²) in [7, 11) is 0. The summed E-state index contributed by atoms with van der Waals surface area (Å²) in [5.74, 6) is -1.90. The summed E-state index contributed by atoms with van der Waals surface area (Å²) < 4.78 is 26.9. The molecular weight excluding hydrogens is 280 g/mol. The highest BCUT2D eigenvalue weighted by molar-refractivity contribution is 5.37.